The number of carbonyl (C=O) groups is 2. The number of rotatable bonds is 9. The summed E-state index contributed by atoms with van der Waals surface area (Å²) in [7, 11) is 1.64. The summed E-state index contributed by atoms with van der Waals surface area (Å²) in [4.78, 5) is 22.0. The molecule has 0 aliphatic heterocycles. The highest BCUT2D eigenvalue weighted by atomic mass is 16.2. The molecule has 0 saturated carbocycles. The Morgan fingerprint density at radius 2 is 1.69 bits per heavy atom. The van der Waals surface area contributed by atoms with Crippen molar-refractivity contribution in [2.24, 2.45) is 5.73 Å². The minimum absolute atomic E-state index is 0.0664. The van der Waals surface area contributed by atoms with Gasteiger partial charge in [-0.2, -0.15) is 0 Å². The molecule has 2 amide bonds. The van der Waals surface area contributed by atoms with E-state index in [-0.39, 0.29) is 11.8 Å². The summed E-state index contributed by atoms with van der Waals surface area (Å²) in [6.45, 7) is 1.25. The molecular formula is C11H23N3O2. The molecule has 0 aromatic carbocycles. The monoisotopic (exact) mass is 229 g/mol. The van der Waals surface area contributed by atoms with Gasteiger partial charge in [-0.1, -0.05) is 6.42 Å². The van der Waals surface area contributed by atoms with Gasteiger partial charge in [-0.15, -0.1) is 0 Å². The summed E-state index contributed by atoms with van der Waals surface area (Å²) >= 11 is 0. The minimum Gasteiger partial charge on any atom is -0.359 e. The number of unbranched alkanes of at least 4 members (excludes halogenated alkanes) is 2. The Hall–Kier alpha value is -1.10. The van der Waals surface area contributed by atoms with E-state index in [1.165, 1.54) is 0 Å². The van der Waals surface area contributed by atoms with Crippen LogP contribution in [0.15, 0.2) is 0 Å². The molecule has 0 heterocycles. The molecule has 0 unspecified atom stereocenters. The molecule has 94 valence electrons. The van der Waals surface area contributed by atoms with E-state index in [2.05, 4.69) is 10.6 Å². The fourth-order valence-electron chi connectivity index (χ4n) is 1.29. The number of nitrogens with one attached hydrogen (secondary N) is 2. The third-order valence-electron chi connectivity index (χ3n) is 2.29. The van der Waals surface area contributed by atoms with Gasteiger partial charge in [0.1, 0.15) is 0 Å². The first kappa shape index (κ1) is 14.9. The standard InChI is InChI=1S/C11H23N3O2/c1-13-10(15)6-3-2-4-9-14-11(16)7-5-8-12/h2-9,12H2,1H3,(H,13,15)(H,14,16). The maximum Gasteiger partial charge on any atom is 0.220 e. The molecule has 0 bridgehead atoms. The highest BCUT2D eigenvalue weighted by Gasteiger charge is 2.00. The topological polar surface area (TPSA) is 84.2 Å². The molecule has 0 spiro atoms. The van der Waals surface area contributed by atoms with E-state index in [1.54, 1.807) is 7.05 Å². The lowest BCUT2D eigenvalue weighted by atomic mass is 10.2. The van der Waals surface area contributed by atoms with Crippen molar-refractivity contribution in [3.8, 4) is 0 Å². The van der Waals surface area contributed by atoms with Gasteiger partial charge in [-0.25, -0.2) is 0 Å². The summed E-state index contributed by atoms with van der Waals surface area (Å²) in [6, 6.07) is 0. The van der Waals surface area contributed by atoms with Crippen LogP contribution in [-0.4, -0.2) is 32.0 Å². The van der Waals surface area contributed by atoms with Gasteiger partial charge in [0.05, 0.1) is 0 Å². The number of nitrogens with two attached hydrogens (primary N) is 1. The lowest BCUT2D eigenvalue weighted by molar-refractivity contribution is -0.122. The fraction of sp³-hybridized carbons (Fsp3) is 0.818. The van der Waals surface area contributed by atoms with Gasteiger partial charge in [0.2, 0.25) is 11.8 Å². The summed E-state index contributed by atoms with van der Waals surface area (Å²) in [5, 5.41) is 5.40. The van der Waals surface area contributed by atoms with Crippen molar-refractivity contribution in [1.29, 1.82) is 0 Å². The second kappa shape index (κ2) is 10.4. The maximum atomic E-state index is 11.2. The van der Waals surface area contributed by atoms with Crippen molar-refractivity contribution in [3.05, 3.63) is 0 Å². The third kappa shape index (κ3) is 9.45. The van der Waals surface area contributed by atoms with E-state index in [1.807, 2.05) is 0 Å². The summed E-state index contributed by atoms with van der Waals surface area (Å²) in [5.41, 5.74) is 5.29. The fourth-order valence-corrected chi connectivity index (χ4v) is 1.29. The highest BCUT2D eigenvalue weighted by molar-refractivity contribution is 5.76. The number of amides is 2. The largest absolute Gasteiger partial charge is 0.359 e. The Morgan fingerprint density at radius 3 is 2.31 bits per heavy atom. The van der Waals surface area contributed by atoms with E-state index in [0.717, 1.165) is 25.7 Å². The average Bonchev–Trinajstić information content (AvgIpc) is 2.30. The van der Waals surface area contributed by atoms with E-state index in [9.17, 15) is 9.59 Å². The van der Waals surface area contributed by atoms with E-state index < -0.39 is 0 Å². The van der Waals surface area contributed by atoms with Gasteiger partial charge < -0.3 is 16.4 Å². The van der Waals surface area contributed by atoms with Crippen LogP contribution in [0.5, 0.6) is 0 Å². The molecule has 4 N–H and O–H groups in total. The molecule has 0 aliphatic carbocycles. The van der Waals surface area contributed by atoms with Gasteiger partial charge in [0.15, 0.2) is 0 Å². The Morgan fingerprint density at radius 1 is 1.00 bits per heavy atom. The zero-order valence-corrected chi connectivity index (χ0v) is 10.1. The third-order valence-corrected chi connectivity index (χ3v) is 2.29. The number of hydrogen-bond donors (Lipinski definition) is 3. The van der Waals surface area contributed by atoms with Crippen molar-refractivity contribution in [2.75, 3.05) is 20.1 Å². The molecule has 16 heavy (non-hydrogen) atoms. The van der Waals surface area contributed by atoms with Gasteiger partial charge in [0.25, 0.3) is 0 Å². The smallest absolute Gasteiger partial charge is 0.220 e. The van der Waals surface area contributed by atoms with Crippen LogP contribution < -0.4 is 16.4 Å². The van der Waals surface area contributed by atoms with Crippen LogP contribution in [0.2, 0.25) is 0 Å². The van der Waals surface area contributed by atoms with Crippen LogP contribution in [0, 0.1) is 0 Å². The van der Waals surface area contributed by atoms with Crippen LogP contribution in [0.4, 0.5) is 0 Å². The summed E-state index contributed by atoms with van der Waals surface area (Å²) in [5.74, 6) is 0.142. The number of hydrogen-bond acceptors (Lipinski definition) is 3. The molecule has 0 aromatic rings. The average molecular weight is 229 g/mol. The molecule has 5 nitrogen and oxygen atoms in total. The first-order valence-electron chi connectivity index (χ1n) is 5.88. The normalized spacial score (nSPS) is 9.88. The predicted molar refractivity (Wildman–Crippen MR) is 63.8 cm³/mol. The summed E-state index contributed by atoms with van der Waals surface area (Å²) in [6.07, 6.45) is 4.57. The first-order chi connectivity index (χ1) is 7.70. The zero-order valence-electron chi connectivity index (χ0n) is 10.1. The van der Waals surface area contributed by atoms with Crippen molar-refractivity contribution in [3.63, 3.8) is 0 Å². The van der Waals surface area contributed by atoms with Crippen LogP contribution in [-0.2, 0) is 9.59 Å². The lowest BCUT2D eigenvalue weighted by Crippen LogP contribution is -2.24. The van der Waals surface area contributed by atoms with E-state index >= 15 is 0 Å². The lowest BCUT2D eigenvalue weighted by Gasteiger charge is -2.04. The van der Waals surface area contributed by atoms with Crippen LogP contribution in [0.25, 0.3) is 0 Å². The van der Waals surface area contributed by atoms with Crippen LogP contribution >= 0.6 is 0 Å². The van der Waals surface area contributed by atoms with Crippen molar-refractivity contribution >= 4 is 11.8 Å². The van der Waals surface area contributed by atoms with Gasteiger partial charge in [0, 0.05) is 26.4 Å². The molecule has 0 fully saturated rings. The van der Waals surface area contributed by atoms with Gasteiger partial charge in [-0.05, 0) is 25.8 Å². The molecule has 0 saturated heterocycles. The van der Waals surface area contributed by atoms with Crippen LogP contribution in [0.1, 0.15) is 38.5 Å². The maximum absolute atomic E-state index is 11.2. The van der Waals surface area contributed by atoms with Gasteiger partial charge >= 0.3 is 0 Å². The Kier molecular flexibility index (Phi) is 9.70. The molecule has 0 radical (unpaired) electrons. The number of carbonyl (C=O) groups excluding carboxylic acids is 2. The molecule has 0 aliphatic rings. The Labute approximate surface area is 97.2 Å². The second-order valence-corrected chi connectivity index (χ2v) is 3.73. The Balaban J connectivity index is 3.20. The summed E-state index contributed by atoms with van der Waals surface area (Å²) < 4.78 is 0. The second-order valence-electron chi connectivity index (χ2n) is 3.73. The SMILES string of the molecule is CNC(=O)CCCCCNC(=O)CCCN. The van der Waals surface area contributed by atoms with E-state index in [4.69, 9.17) is 5.73 Å². The van der Waals surface area contributed by atoms with Crippen LogP contribution in [0.3, 0.4) is 0 Å². The van der Waals surface area contributed by atoms with E-state index in [0.29, 0.717) is 25.9 Å². The van der Waals surface area contributed by atoms with Gasteiger partial charge in [-0.3, -0.25) is 9.59 Å². The quantitative estimate of drug-likeness (QED) is 0.492. The van der Waals surface area contributed by atoms with Crippen molar-refractivity contribution in [2.45, 2.75) is 38.5 Å². The van der Waals surface area contributed by atoms with Crippen molar-refractivity contribution in [1.82, 2.24) is 10.6 Å². The predicted octanol–water partition coefficient (Wildman–Crippen LogP) is 0.148. The zero-order chi connectivity index (χ0) is 12.2. The Bertz CT molecular complexity index is 207. The molecule has 5 heteroatoms. The molecule has 0 aromatic heterocycles. The molecule has 0 atom stereocenters. The first-order valence-corrected chi connectivity index (χ1v) is 5.88. The van der Waals surface area contributed by atoms with Crippen molar-refractivity contribution < 1.29 is 9.59 Å². The highest BCUT2D eigenvalue weighted by Crippen LogP contribution is 1.98. The molecule has 0 rings (SSSR count). The molecular weight excluding hydrogens is 206 g/mol. The minimum atomic E-state index is 0.0664.